The Bertz CT molecular complexity index is 649. The van der Waals surface area contributed by atoms with E-state index in [-0.39, 0.29) is 6.04 Å². The van der Waals surface area contributed by atoms with Gasteiger partial charge < -0.3 is 5.32 Å². The normalized spacial score (nSPS) is 17.2. The van der Waals surface area contributed by atoms with E-state index in [0.717, 1.165) is 17.0 Å². The number of hydrogen-bond acceptors (Lipinski definition) is 1. The van der Waals surface area contributed by atoms with Gasteiger partial charge in [0.2, 0.25) is 0 Å². The topological polar surface area (TPSA) is 12.0 Å². The van der Waals surface area contributed by atoms with Crippen LogP contribution in [0.4, 0.5) is 5.69 Å². The van der Waals surface area contributed by atoms with Crippen molar-refractivity contribution in [1.82, 2.24) is 0 Å². The van der Waals surface area contributed by atoms with E-state index in [0.29, 0.717) is 5.02 Å². The molecule has 0 aliphatic carbocycles. The Kier molecular flexibility index (Phi) is 3.20. The molecule has 2 aromatic rings. The van der Waals surface area contributed by atoms with E-state index in [4.69, 9.17) is 23.2 Å². The summed E-state index contributed by atoms with van der Waals surface area (Å²) in [5.74, 6) is 0. The number of halogens is 2. The predicted molar refractivity (Wildman–Crippen MR) is 82.4 cm³/mol. The molecule has 98 valence electrons. The van der Waals surface area contributed by atoms with E-state index in [1.165, 1.54) is 22.4 Å². The lowest BCUT2D eigenvalue weighted by molar-refractivity contribution is 0.824. The van der Waals surface area contributed by atoms with Gasteiger partial charge in [0, 0.05) is 15.7 Å². The zero-order chi connectivity index (χ0) is 13.6. The molecule has 0 amide bonds. The Hall–Kier alpha value is -1.18. The molecule has 1 unspecified atom stereocenters. The molecule has 0 fully saturated rings. The van der Waals surface area contributed by atoms with Crippen LogP contribution in [0, 0.1) is 13.8 Å². The molecule has 0 spiro atoms. The number of fused-ring (bicyclic) bond motifs is 1. The molecule has 0 radical (unpaired) electrons. The molecule has 3 rings (SSSR count). The minimum Gasteiger partial charge on any atom is -0.377 e. The molecule has 0 saturated heterocycles. The number of nitrogens with one attached hydrogen (secondary N) is 1. The van der Waals surface area contributed by atoms with Crippen LogP contribution in [0.25, 0.3) is 0 Å². The molecule has 1 aliphatic heterocycles. The van der Waals surface area contributed by atoms with Gasteiger partial charge in [-0.05, 0) is 49.1 Å². The third-order valence-corrected chi connectivity index (χ3v) is 4.20. The van der Waals surface area contributed by atoms with Gasteiger partial charge in [0.1, 0.15) is 0 Å². The fourth-order valence-electron chi connectivity index (χ4n) is 2.84. The summed E-state index contributed by atoms with van der Waals surface area (Å²) in [4.78, 5) is 0. The molecule has 0 bridgehead atoms. The summed E-state index contributed by atoms with van der Waals surface area (Å²) in [6.07, 6.45) is 0.971. The van der Waals surface area contributed by atoms with Crippen LogP contribution in [-0.4, -0.2) is 0 Å². The number of hydrogen-bond donors (Lipinski definition) is 1. The van der Waals surface area contributed by atoms with Crippen LogP contribution in [0.5, 0.6) is 0 Å². The highest BCUT2D eigenvalue weighted by Gasteiger charge is 2.25. The summed E-state index contributed by atoms with van der Waals surface area (Å²) in [6, 6.07) is 10.4. The molecule has 1 aliphatic rings. The molecular formula is C16H15Cl2N. The van der Waals surface area contributed by atoms with E-state index >= 15 is 0 Å². The second-order valence-corrected chi connectivity index (χ2v) is 6.03. The molecule has 0 saturated carbocycles. The van der Waals surface area contributed by atoms with Gasteiger partial charge in [0.25, 0.3) is 0 Å². The monoisotopic (exact) mass is 291 g/mol. The molecule has 2 aromatic carbocycles. The third kappa shape index (κ3) is 2.33. The second-order valence-electron chi connectivity index (χ2n) is 5.18. The number of aryl methyl sites for hydroxylation is 2. The van der Waals surface area contributed by atoms with Crippen LogP contribution in [0.2, 0.25) is 10.0 Å². The second kappa shape index (κ2) is 4.73. The van der Waals surface area contributed by atoms with Crippen LogP contribution in [0.1, 0.15) is 28.3 Å². The maximum Gasteiger partial charge on any atom is 0.0569 e. The van der Waals surface area contributed by atoms with E-state index in [1.807, 2.05) is 12.1 Å². The zero-order valence-electron chi connectivity index (χ0n) is 10.9. The number of benzene rings is 2. The van der Waals surface area contributed by atoms with Crippen molar-refractivity contribution in [3.8, 4) is 0 Å². The van der Waals surface area contributed by atoms with Crippen LogP contribution in [-0.2, 0) is 6.42 Å². The smallest absolute Gasteiger partial charge is 0.0569 e. The maximum atomic E-state index is 6.30. The Labute approximate surface area is 123 Å². The van der Waals surface area contributed by atoms with Gasteiger partial charge in [0.05, 0.1) is 6.04 Å². The molecule has 1 N–H and O–H groups in total. The molecule has 1 atom stereocenters. The van der Waals surface area contributed by atoms with Crippen molar-refractivity contribution in [3.63, 3.8) is 0 Å². The van der Waals surface area contributed by atoms with Crippen molar-refractivity contribution in [2.45, 2.75) is 26.3 Å². The van der Waals surface area contributed by atoms with Gasteiger partial charge in [-0.3, -0.25) is 0 Å². The maximum absolute atomic E-state index is 6.30. The Morgan fingerprint density at radius 3 is 2.63 bits per heavy atom. The highest BCUT2D eigenvalue weighted by Crippen LogP contribution is 2.39. The molecular weight excluding hydrogens is 277 g/mol. The van der Waals surface area contributed by atoms with Gasteiger partial charge >= 0.3 is 0 Å². The first kappa shape index (κ1) is 12.8. The molecule has 1 heterocycles. The van der Waals surface area contributed by atoms with E-state index in [2.05, 4.69) is 31.3 Å². The summed E-state index contributed by atoms with van der Waals surface area (Å²) in [5, 5.41) is 4.99. The quantitative estimate of drug-likeness (QED) is 0.750. The van der Waals surface area contributed by atoms with E-state index in [1.54, 1.807) is 6.07 Å². The van der Waals surface area contributed by atoms with Crippen molar-refractivity contribution >= 4 is 28.9 Å². The summed E-state index contributed by atoms with van der Waals surface area (Å²) >= 11 is 12.3. The largest absolute Gasteiger partial charge is 0.377 e. The van der Waals surface area contributed by atoms with Crippen molar-refractivity contribution in [2.24, 2.45) is 0 Å². The number of anilines is 1. The van der Waals surface area contributed by atoms with Crippen molar-refractivity contribution in [1.29, 1.82) is 0 Å². The Balaban J connectivity index is 1.97. The van der Waals surface area contributed by atoms with E-state index in [9.17, 15) is 0 Å². The Morgan fingerprint density at radius 1 is 1.11 bits per heavy atom. The molecule has 3 heteroatoms. The lowest BCUT2D eigenvalue weighted by Gasteiger charge is -2.14. The van der Waals surface area contributed by atoms with Crippen molar-refractivity contribution in [3.05, 3.63) is 62.6 Å². The van der Waals surface area contributed by atoms with Crippen LogP contribution >= 0.6 is 23.2 Å². The molecule has 1 nitrogen and oxygen atoms in total. The SMILES string of the molecule is Cc1cc(C)c2c(c1)CC(c1ccc(Cl)cc1Cl)N2. The van der Waals surface area contributed by atoms with Crippen LogP contribution in [0.15, 0.2) is 30.3 Å². The minimum absolute atomic E-state index is 0.236. The molecule has 0 aromatic heterocycles. The lowest BCUT2D eigenvalue weighted by Crippen LogP contribution is -2.06. The third-order valence-electron chi connectivity index (χ3n) is 3.64. The zero-order valence-corrected chi connectivity index (χ0v) is 12.4. The first-order valence-electron chi connectivity index (χ1n) is 6.36. The first-order valence-corrected chi connectivity index (χ1v) is 7.12. The molecule has 19 heavy (non-hydrogen) atoms. The lowest BCUT2D eigenvalue weighted by atomic mass is 10.0. The summed E-state index contributed by atoms with van der Waals surface area (Å²) in [7, 11) is 0. The summed E-state index contributed by atoms with van der Waals surface area (Å²) in [6.45, 7) is 4.28. The fraction of sp³-hybridized carbons (Fsp3) is 0.250. The summed E-state index contributed by atoms with van der Waals surface area (Å²) < 4.78 is 0. The van der Waals surface area contributed by atoms with Crippen molar-refractivity contribution < 1.29 is 0 Å². The van der Waals surface area contributed by atoms with Gasteiger partial charge in [-0.15, -0.1) is 0 Å². The van der Waals surface area contributed by atoms with Gasteiger partial charge in [0.15, 0.2) is 0 Å². The van der Waals surface area contributed by atoms with E-state index < -0.39 is 0 Å². The summed E-state index contributed by atoms with van der Waals surface area (Å²) in [5.41, 5.74) is 6.33. The first-order chi connectivity index (χ1) is 9.04. The van der Waals surface area contributed by atoms with Gasteiger partial charge in [-0.1, -0.05) is 47.0 Å². The van der Waals surface area contributed by atoms with Crippen LogP contribution in [0.3, 0.4) is 0 Å². The number of rotatable bonds is 1. The van der Waals surface area contributed by atoms with Gasteiger partial charge in [-0.2, -0.15) is 0 Å². The fourth-order valence-corrected chi connectivity index (χ4v) is 3.38. The average molecular weight is 292 g/mol. The highest BCUT2D eigenvalue weighted by molar-refractivity contribution is 6.35. The predicted octanol–water partition coefficient (Wildman–Crippen LogP) is 5.32. The Morgan fingerprint density at radius 2 is 1.89 bits per heavy atom. The van der Waals surface area contributed by atoms with Crippen molar-refractivity contribution in [2.75, 3.05) is 5.32 Å². The average Bonchev–Trinajstić information content (AvgIpc) is 2.72. The standard InChI is InChI=1S/C16H15Cl2N/c1-9-5-10(2)16-11(6-9)7-15(19-16)13-4-3-12(17)8-14(13)18/h3-6,8,15,19H,7H2,1-2H3. The van der Waals surface area contributed by atoms with Gasteiger partial charge in [-0.25, -0.2) is 0 Å². The van der Waals surface area contributed by atoms with Crippen LogP contribution < -0.4 is 5.32 Å². The minimum atomic E-state index is 0.236. The highest BCUT2D eigenvalue weighted by atomic mass is 35.5.